The van der Waals surface area contributed by atoms with Gasteiger partial charge in [0.2, 0.25) is 0 Å². The Bertz CT molecular complexity index is 95.7. The Morgan fingerprint density at radius 1 is 1.44 bits per heavy atom. The number of aliphatic hydroxyl groups is 1. The van der Waals surface area contributed by atoms with Crippen molar-refractivity contribution in [3.05, 3.63) is 0 Å². The lowest BCUT2D eigenvalue weighted by atomic mass is 10.3. The highest BCUT2D eigenvalue weighted by atomic mass is 31.2. The van der Waals surface area contributed by atoms with Crippen LogP contribution in [0.3, 0.4) is 0 Å². The van der Waals surface area contributed by atoms with E-state index >= 15 is 0 Å². The van der Waals surface area contributed by atoms with Crippen LogP contribution < -0.4 is 0 Å². The molecule has 3 heteroatoms. The van der Waals surface area contributed by atoms with E-state index in [-0.39, 0.29) is 11.5 Å². The Labute approximate surface area is 59.6 Å². The maximum Gasteiger partial charge on any atom is 0.106 e. The number of rotatable bonds is 1. The van der Waals surface area contributed by atoms with Crippen LogP contribution in [0.4, 0.5) is 0 Å². The van der Waals surface area contributed by atoms with Gasteiger partial charge in [0.05, 0.1) is 0 Å². The summed E-state index contributed by atoms with van der Waals surface area (Å²) in [5, 5.41) is 8.94. The van der Waals surface area contributed by atoms with Crippen LogP contribution in [-0.4, -0.2) is 30.8 Å². The molecule has 3 radical (unpaired) electrons. The fraction of sp³-hybridized carbons (Fsp3) is 1.00. The Balaban J connectivity index is 4.14. The van der Waals surface area contributed by atoms with Crippen molar-refractivity contribution in [1.29, 1.82) is 0 Å². The second-order valence-electron chi connectivity index (χ2n) is 3.58. The Kier molecular flexibility index (Phi) is 2.73. The van der Waals surface area contributed by atoms with Crippen LogP contribution in [0.15, 0.2) is 0 Å². The molecule has 0 fully saturated rings. The van der Waals surface area contributed by atoms with E-state index in [0.717, 1.165) is 0 Å². The van der Waals surface area contributed by atoms with Gasteiger partial charge in [0.1, 0.15) is 6.35 Å². The van der Waals surface area contributed by atoms with Crippen molar-refractivity contribution in [3.63, 3.8) is 0 Å². The first-order chi connectivity index (χ1) is 3.81. The minimum Gasteiger partial charge on any atom is -0.366 e. The van der Waals surface area contributed by atoms with Crippen molar-refractivity contribution in [2.24, 2.45) is 0 Å². The molecular weight excluding hydrogens is 130 g/mol. The summed E-state index contributed by atoms with van der Waals surface area (Å²) in [5.41, 5.74) is 0. The molecule has 0 bridgehead atoms. The molecule has 0 saturated heterocycles. The van der Waals surface area contributed by atoms with Crippen LogP contribution in [-0.2, 0) is 0 Å². The van der Waals surface area contributed by atoms with Gasteiger partial charge in [-0.2, -0.15) is 0 Å². The molecule has 0 heterocycles. The van der Waals surface area contributed by atoms with E-state index in [2.05, 4.69) is 20.8 Å². The maximum absolute atomic E-state index is 8.85. The molecule has 9 heavy (non-hydrogen) atoms. The molecular formula is C6H15BOP. The van der Waals surface area contributed by atoms with Gasteiger partial charge < -0.3 is 12.7 Å². The molecule has 0 aliphatic heterocycles. The molecule has 0 aliphatic rings. The number of hydrogen-bond donors (Lipinski definition) is 1. The Hall–Kier alpha value is 0.455. The van der Waals surface area contributed by atoms with Gasteiger partial charge in [0.25, 0.3) is 0 Å². The minimum absolute atomic E-state index is 0.0851. The summed E-state index contributed by atoms with van der Waals surface area (Å²) in [6.45, 7) is 8.16. The second-order valence-corrected chi connectivity index (χ2v) is 7.74. The van der Waals surface area contributed by atoms with Gasteiger partial charge >= 0.3 is 0 Å². The first-order valence-electron chi connectivity index (χ1n) is 3.06. The third-order valence-electron chi connectivity index (χ3n) is 1.83. The summed E-state index contributed by atoms with van der Waals surface area (Å²) in [6, 6.07) is 0. The minimum atomic E-state index is -1.55. The zero-order valence-corrected chi connectivity index (χ0v) is 7.57. The highest BCUT2D eigenvalue weighted by Crippen LogP contribution is 2.60. The van der Waals surface area contributed by atoms with Crippen LogP contribution in [0.25, 0.3) is 0 Å². The van der Waals surface area contributed by atoms with Gasteiger partial charge in [-0.3, -0.25) is 0 Å². The molecule has 0 amide bonds. The summed E-state index contributed by atoms with van der Waals surface area (Å²) in [5.74, 6) is 0. The van der Waals surface area contributed by atoms with E-state index in [1.165, 1.54) is 0 Å². The summed E-state index contributed by atoms with van der Waals surface area (Å²) < 4.78 is 0. The van der Waals surface area contributed by atoms with Crippen LogP contribution in [0.2, 0.25) is 0 Å². The second kappa shape index (κ2) is 2.60. The van der Waals surface area contributed by atoms with Gasteiger partial charge in [-0.25, -0.2) is 7.14 Å². The maximum atomic E-state index is 8.85. The fourth-order valence-electron chi connectivity index (χ4n) is 0.212. The van der Waals surface area contributed by atoms with E-state index in [1.807, 2.05) is 6.66 Å². The molecule has 0 spiro atoms. The molecule has 0 aromatic rings. The van der Waals surface area contributed by atoms with Gasteiger partial charge in [-0.1, -0.05) is 0 Å². The third kappa shape index (κ3) is 2.27. The third-order valence-corrected chi connectivity index (χ3v) is 5.48. The molecule has 0 saturated carbocycles. The van der Waals surface area contributed by atoms with Crippen LogP contribution in [0.5, 0.6) is 0 Å². The first kappa shape index (κ1) is 9.45. The van der Waals surface area contributed by atoms with E-state index in [0.29, 0.717) is 0 Å². The van der Waals surface area contributed by atoms with Crippen molar-refractivity contribution in [1.82, 2.24) is 0 Å². The van der Waals surface area contributed by atoms with Crippen LogP contribution >= 0.6 is 7.14 Å². The predicted molar refractivity (Wildman–Crippen MR) is 45.4 cm³/mol. The van der Waals surface area contributed by atoms with E-state index in [4.69, 9.17) is 12.7 Å². The molecule has 0 aliphatic carbocycles. The molecule has 1 nitrogen and oxygen atoms in total. The average molecular weight is 145 g/mol. The van der Waals surface area contributed by atoms with Crippen molar-refractivity contribution >= 4 is 14.7 Å². The van der Waals surface area contributed by atoms with Gasteiger partial charge in [-0.05, 0) is 20.8 Å². The lowest BCUT2D eigenvalue weighted by molar-refractivity contribution is 0.366. The lowest BCUT2D eigenvalue weighted by Crippen LogP contribution is -2.21. The Morgan fingerprint density at radius 3 is 1.78 bits per heavy atom. The largest absolute Gasteiger partial charge is 0.366 e. The highest BCUT2D eigenvalue weighted by molar-refractivity contribution is 7.97. The van der Waals surface area contributed by atoms with E-state index in [9.17, 15) is 0 Å². The van der Waals surface area contributed by atoms with Crippen molar-refractivity contribution in [3.8, 4) is 0 Å². The summed E-state index contributed by atoms with van der Waals surface area (Å²) in [4.78, 5) is 0. The monoisotopic (exact) mass is 145 g/mol. The zero-order valence-electron chi connectivity index (χ0n) is 6.68. The van der Waals surface area contributed by atoms with Crippen LogP contribution in [0.1, 0.15) is 20.8 Å². The topological polar surface area (TPSA) is 20.2 Å². The van der Waals surface area contributed by atoms with Crippen molar-refractivity contribution in [2.75, 3.05) is 13.0 Å². The average Bonchev–Trinajstić information content (AvgIpc) is 1.64. The molecule has 1 atom stereocenters. The standard InChI is InChI=1S/C6H15BOP/c1-6(2,3)9(4,7)5-8/h8H,5H2,1-4H3. The Morgan fingerprint density at radius 2 is 1.78 bits per heavy atom. The van der Waals surface area contributed by atoms with Crippen LogP contribution in [0, 0.1) is 0 Å². The first-order valence-corrected chi connectivity index (χ1v) is 5.55. The molecule has 1 unspecified atom stereocenters. The summed E-state index contributed by atoms with van der Waals surface area (Å²) in [6.07, 6.45) is 0.149. The van der Waals surface area contributed by atoms with Crippen molar-refractivity contribution in [2.45, 2.75) is 25.9 Å². The van der Waals surface area contributed by atoms with Gasteiger partial charge in [-0.15, -0.1) is 0 Å². The molecule has 53 valence electrons. The van der Waals surface area contributed by atoms with Gasteiger partial charge in [0.15, 0.2) is 0 Å². The van der Waals surface area contributed by atoms with E-state index in [1.54, 1.807) is 0 Å². The molecule has 1 N–H and O–H groups in total. The lowest BCUT2D eigenvalue weighted by Gasteiger charge is -2.42. The smallest absolute Gasteiger partial charge is 0.106 e. The SMILES string of the molecule is [B-][P+](C)(CO)C(C)(C)C. The van der Waals surface area contributed by atoms with Crippen molar-refractivity contribution < 1.29 is 5.11 Å². The number of aliphatic hydroxyl groups excluding tert-OH is 1. The quantitative estimate of drug-likeness (QED) is 0.437. The predicted octanol–water partition coefficient (Wildman–Crippen LogP) is 1.47. The van der Waals surface area contributed by atoms with E-state index < -0.39 is 7.14 Å². The van der Waals surface area contributed by atoms with Gasteiger partial charge in [0, 0.05) is 11.8 Å². The highest BCUT2D eigenvalue weighted by Gasteiger charge is 2.26. The zero-order chi connectivity index (χ0) is 7.71. The number of hydrogen-bond acceptors (Lipinski definition) is 1. The molecule has 0 aromatic heterocycles. The normalized spacial score (nSPS) is 19.3. The molecule has 0 rings (SSSR count). The fourth-order valence-corrected chi connectivity index (χ4v) is 0.636. The molecule has 0 aromatic carbocycles. The summed E-state index contributed by atoms with van der Waals surface area (Å²) in [7, 11) is 4.30. The summed E-state index contributed by atoms with van der Waals surface area (Å²) >= 11 is 0.